The van der Waals surface area contributed by atoms with Crippen molar-refractivity contribution in [1.29, 1.82) is 0 Å². The number of aromatic nitrogens is 1. The van der Waals surface area contributed by atoms with E-state index in [4.69, 9.17) is 4.74 Å². The number of carbonyl (C=O) groups excluding carboxylic acids is 1. The Morgan fingerprint density at radius 3 is 2.90 bits per heavy atom. The summed E-state index contributed by atoms with van der Waals surface area (Å²) in [6.45, 7) is 2.63. The van der Waals surface area contributed by atoms with Gasteiger partial charge in [-0.15, -0.1) is 0 Å². The number of nitrogens with zero attached hydrogens (tertiary/aromatic N) is 2. The van der Waals surface area contributed by atoms with Crippen LogP contribution < -0.4 is 0 Å². The van der Waals surface area contributed by atoms with Gasteiger partial charge in [0.05, 0.1) is 6.61 Å². The van der Waals surface area contributed by atoms with Crippen LogP contribution in [0.4, 0.5) is 0 Å². The molecule has 0 saturated carbocycles. The molecule has 0 aliphatic carbocycles. The van der Waals surface area contributed by atoms with Crippen LogP contribution in [0.3, 0.4) is 0 Å². The highest BCUT2D eigenvalue weighted by molar-refractivity contribution is 5.94. The molecule has 1 N–H and O–H groups in total. The van der Waals surface area contributed by atoms with Crippen LogP contribution in [0, 0.1) is 12.3 Å². The molecule has 2 rings (SSSR count). The van der Waals surface area contributed by atoms with Gasteiger partial charge in [-0.2, -0.15) is 0 Å². The van der Waals surface area contributed by atoms with E-state index >= 15 is 0 Å². The van der Waals surface area contributed by atoms with Gasteiger partial charge in [0, 0.05) is 26.4 Å². The van der Waals surface area contributed by atoms with Crippen molar-refractivity contribution in [2.45, 2.75) is 19.8 Å². The lowest BCUT2D eigenvalue weighted by molar-refractivity contribution is -0.155. The third-order valence-corrected chi connectivity index (χ3v) is 3.95. The zero-order chi connectivity index (χ0) is 15.5. The van der Waals surface area contributed by atoms with E-state index in [0.29, 0.717) is 25.1 Å². The monoisotopic (exact) mass is 292 g/mol. The number of aliphatic carboxylic acids is 1. The molecule has 0 radical (unpaired) electrons. The molecule has 6 heteroatoms. The molecule has 1 aliphatic heterocycles. The van der Waals surface area contributed by atoms with Crippen molar-refractivity contribution in [2.75, 3.05) is 26.8 Å². The molecule has 1 amide bonds. The Morgan fingerprint density at radius 1 is 1.52 bits per heavy atom. The molecule has 114 valence electrons. The van der Waals surface area contributed by atoms with E-state index in [0.717, 1.165) is 5.56 Å². The molecule has 1 fully saturated rings. The van der Waals surface area contributed by atoms with Crippen LogP contribution in [0.2, 0.25) is 0 Å². The number of carboxylic acids is 1. The van der Waals surface area contributed by atoms with Gasteiger partial charge in [0.1, 0.15) is 11.1 Å². The summed E-state index contributed by atoms with van der Waals surface area (Å²) in [5, 5.41) is 9.51. The normalized spacial score (nSPS) is 22.1. The second-order valence-corrected chi connectivity index (χ2v) is 5.52. The molecule has 21 heavy (non-hydrogen) atoms. The number of ether oxygens (including phenoxy) is 1. The van der Waals surface area contributed by atoms with Crippen molar-refractivity contribution < 1.29 is 19.4 Å². The minimum absolute atomic E-state index is 0.104. The van der Waals surface area contributed by atoms with Gasteiger partial charge in [-0.05, 0) is 31.4 Å². The molecule has 1 aromatic rings. The zero-order valence-corrected chi connectivity index (χ0v) is 12.3. The average Bonchev–Trinajstić information content (AvgIpc) is 2.47. The van der Waals surface area contributed by atoms with Gasteiger partial charge in [-0.1, -0.05) is 6.07 Å². The molecule has 1 saturated heterocycles. The topological polar surface area (TPSA) is 79.7 Å². The van der Waals surface area contributed by atoms with Crippen LogP contribution in [0.1, 0.15) is 28.9 Å². The van der Waals surface area contributed by atoms with Crippen molar-refractivity contribution in [3.8, 4) is 0 Å². The summed E-state index contributed by atoms with van der Waals surface area (Å²) in [6.07, 6.45) is 2.73. The van der Waals surface area contributed by atoms with Crippen LogP contribution in [-0.2, 0) is 9.53 Å². The van der Waals surface area contributed by atoms with E-state index in [9.17, 15) is 14.7 Å². The first-order valence-electron chi connectivity index (χ1n) is 6.93. The molecule has 1 atom stereocenters. The highest BCUT2D eigenvalue weighted by atomic mass is 16.5. The van der Waals surface area contributed by atoms with Crippen LogP contribution in [0.25, 0.3) is 0 Å². The molecule has 0 spiro atoms. The molecule has 1 unspecified atom stereocenters. The van der Waals surface area contributed by atoms with E-state index in [2.05, 4.69) is 4.98 Å². The maximum absolute atomic E-state index is 12.6. The van der Waals surface area contributed by atoms with Gasteiger partial charge in [-0.25, -0.2) is 0 Å². The summed E-state index contributed by atoms with van der Waals surface area (Å²) >= 11 is 0. The number of amides is 1. The molecular formula is C15H20N2O4. The quantitative estimate of drug-likeness (QED) is 0.906. The molecule has 6 nitrogen and oxygen atoms in total. The third kappa shape index (κ3) is 3.05. The van der Waals surface area contributed by atoms with Crippen LogP contribution in [0.15, 0.2) is 18.3 Å². The molecule has 1 aliphatic rings. The fraction of sp³-hybridized carbons (Fsp3) is 0.533. The second kappa shape index (κ2) is 6.22. The summed E-state index contributed by atoms with van der Waals surface area (Å²) < 4.78 is 5.07. The standard InChI is InChI=1S/C15H20N2O4/c1-11-5-3-7-16-12(11)13(18)17-8-4-6-15(9-17,10-21-2)14(19)20/h3,5,7H,4,6,8-10H2,1-2H3,(H,19,20). The summed E-state index contributed by atoms with van der Waals surface area (Å²) in [4.78, 5) is 29.9. The summed E-state index contributed by atoms with van der Waals surface area (Å²) in [6, 6.07) is 3.60. The first kappa shape index (κ1) is 15.4. The largest absolute Gasteiger partial charge is 0.481 e. The first-order valence-corrected chi connectivity index (χ1v) is 6.93. The minimum Gasteiger partial charge on any atom is -0.481 e. The minimum atomic E-state index is -1.02. The molecule has 0 aromatic carbocycles. The lowest BCUT2D eigenvalue weighted by Crippen LogP contribution is -2.52. The SMILES string of the molecule is COCC1(C(=O)O)CCCN(C(=O)c2ncccc2C)C1. The van der Waals surface area contributed by atoms with Crippen molar-refractivity contribution in [3.05, 3.63) is 29.6 Å². The highest BCUT2D eigenvalue weighted by Crippen LogP contribution is 2.31. The number of methoxy groups -OCH3 is 1. The molecule has 1 aromatic heterocycles. The number of likely N-dealkylation sites (tertiary alicyclic amines) is 1. The lowest BCUT2D eigenvalue weighted by Gasteiger charge is -2.39. The smallest absolute Gasteiger partial charge is 0.313 e. The average molecular weight is 292 g/mol. The van der Waals surface area contributed by atoms with Crippen LogP contribution in [0.5, 0.6) is 0 Å². The second-order valence-electron chi connectivity index (χ2n) is 5.52. The Kier molecular flexibility index (Phi) is 4.57. The number of carbonyl (C=O) groups is 2. The fourth-order valence-electron chi connectivity index (χ4n) is 2.79. The number of carboxylic acid groups (broad SMARTS) is 1. The molecule has 0 bridgehead atoms. The third-order valence-electron chi connectivity index (χ3n) is 3.95. The number of aryl methyl sites for hydroxylation is 1. The summed E-state index contributed by atoms with van der Waals surface area (Å²) in [5.41, 5.74) is 0.155. The van der Waals surface area contributed by atoms with Gasteiger partial charge in [0.15, 0.2) is 0 Å². The van der Waals surface area contributed by atoms with Gasteiger partial charge >= 0.3 is 5.97 Å². The van der Waals surface area contributed by atoms with Crippen LogP contribution >= 0.6 is 0 Å². The van der Waals surface area contributed by atoms with E-state index < -0.39 is 11.4 Å². The molecule has 2 heterocycles. The highest BCUT2D eigenvalue weighted by Gasteiger charge is 2.44. The van der Waals surface area contributed by atoms with Gasteiger partial charge in [-0.3, -0.25) is 14.6 Å². The maximum Gasteiger partial charge on any atom is 0.313 e. The maximum atomic E-state index is 12.6. The Morgan fingerprint density at radius 2 is 2.29 bits per heavy atom. The fourth-order valence-corrected chi connectivity index (χ4v) is 2.79. The number of piperidine rings is 1. The van der Waals surface area contributed by atoms with E-state index in [1.165, 1.54) is 7.11 Å². The Balaban J connectivity index is 2.23. The predicted octanol–water partition coefficient (Wildman–Crippen LogP) is 1.34. The predicted molar refractivity (Wildman–Crippen MR) is 76.1 cm³/mol. The van der Waals surface area contributed by atoms with Crippen molar-refractivity contribution in [2.24, 2.45) is 5.41 Å². The van der Waals surface area contributed by atoms with E-state index in [1.54, 1.807) is 17.2 Å². The zero-order valence-electron chi connectivity index (χ0n) is 12.3. The summed E-state index contributed by atoms with van der Waals surface area (Å²) in [7, 11) is 1.48. The van der Waals surface area contributed by atoms with Gasteiger partial charge in [0.25, 0.3) is 5.91 Å². The Bertz CT molecular complexity index is 542. The number of pyridine rings is 1. The molecular weight excluding hydrogens is 272 g/mol. The first-order chi connectivity index (χ1) is 10.00. The van der Waals surface area contributed by atoms with E-state index in [-0.39, 0.29) is 19.1 Å². The van der Waals surface area contributed by atoms with Crippen LogP contribution in [-0.4, -0.2) is 53.7 Å². The van der Waals surface area contributed by atoms with Gasteiger partial charge in [0.2, 0.25) is 0 Å². The number of rotatable bonds is 4. The van der Waals surface area contributed by atoms with Crippen molar-refractivity contribution >= 4 is 11.9 Å². The summed E-state index contributed by atoms with van der Waals surface area (Å²) in [5.74, 6) is -1.13. The van der Waals surface area contributed by atoms with Gasteiger partial charge < -0.3 is 14.7 Å². The lowest BCUT2D eigenvalue weighted by atomic mass is 9.80. The number of hydrogen-bond acceptors (Lipinski definition) is 4. The van der Waals surface area contributed by atoms with Crippen molar-refractivity contribution in [1.82, 2.24) is 9.88 Å². The number of hydrogen-bond donors (Lipinski definition) is 1. The van der Waals surface area contributed by atoms with E-state index in [1.807, 2.05) is 13.0 Å². The Labute approximate surface area is 123 Å². The van der Waals surface area contributed by atoms with Crippen molar-refractivity contribution in [3.63, 3.8) is 0 Å². The Hall–Kier alpha value is -1.95.